The molecule has 1 atom stereocenters. The average Bonchev–Trinajstić information content (AvgIpc) is 2.54. The van der Waals surface area contributed by atoms with Crippen LogP contribution in [0.25, 0.3) is 0 Å². The van der Waals surface area contributed by atoms with Crippen molar-refractivity contribution < 1.29 is 27.8 Å². The minimum Gasteiger partial charge on any atom is -0.435 e. The van der Waals surface area contributed by atoms with Crippen molar-refractivity contribution in [2.45, 2.75) is 19.6 Å². The smallest absolute Gasteiger partial charge is 0.387 e. The number of ether oxygens (including phenoxy) is 1. The molecule has 0 bridgehead atoms. The Morgan fingerprint density at radius 2 is 2.00 bits per heavy atom. The third kappa shape index (κ3) is 4.73. The number of nitrogens with one attached hydrogen (secondary N) is 1. The molecule has 24 heavy (non-hydrogen) atoms. The lowest BCUT2D eigenvalue weighted by Gasteiger charge is -2.14. The predicted octanol–water partition coefficient (Wildman–Crippen LogP) is 3.20. The molecule has 1 amide bonds. The number of halogens is 3. The van der Waals surface area contributed by atoms with Crippen LogP contribution in [-0.2, 0) is 0 Å². The molecule has 0 fully saturated rings. The summed E-state index contributed by atoms with van der Waals surface area (Å²) in [7, 11) is 0. The highest BCUT2D eigenvalue weighted by molar-refractivity contribution is 5.94. The standard InChI is InChI=1S/C17H16F3NO3/c1-10-7-12(5-6-14(10)18)16(23)21-9-15(22)11-3-2-4-13(8-11)24-17(19)20/h2-8,15,17,22H,9H2,1H3,(H,21,23). The minimum absolute atomic E-state index is 0.0814. The van der Waals surface area contributed by atoms with Crippen LogP contribution >= 0.6 is 0 Å². The van der Waals surface area contributed by atoms with Gasteiger partial charge < -0.3 is 15.2 Å². The zero-order chi connectivity index (χ0) is 17.7. The Hall–Kier alpha value is -2.54. The third-order valence-corrected chi connectivity index (χ3v) is 3.34. The maximum Gasteiger partial charge on any atom is 0.387 e. The van der Waals surface area contributed by atoms with Gasteiger partial charge in [0, 0.05) is 12.1 Å². The van der Waals surface area contributed by atoms with Gasteiger partial charge in [-0.2, -0.15) is 8.78 Å². The van der Waals surface area contributed by atoms with Gasteiger partial charge in [0.15, 0.2) is 0 Å². The number of alkyl halides is 2. The number of hydrogen-bond donors (Lipinski definition) is 2. The Kier molecular flexibility index (Phi) is 5.81. The van der Waals surface area contributed by atoms with Gasteiger partial charge in [-0.05, 0) is 48.4 Å². The molecule has 0 aliphatic heterocycles. The van der Waals surface area contributed by atoms with E-state index < -0.39 is 24.4 Å². The van der Waals surface area contributed by atoms with E-state index in [2.05, 4.69) is 10.1 Å². The molecule has 2 aromatic rings. The summed E-state index contributed by atoms with van der Waals surface area (Å²) in [4.78, 5) is 12.0. The van der Waals surface area contributed by atoms with Crippen LogP contribution < -0.4 is 10.1 Å². The second kappa shape index (κ2) is 7.83. The fraction of sp³-hybridized carbons (Fsp3) is 0.235. The van der Waals surface area contributed by atoms with Crippen LogP contribution in [0, 0.1) is 12.7 Å². The first-order chi connectivity index (χ1) is 11.4. The molecule has 0 saturated carbocycles. The van der Waals surface area contributed by atoms with E-state index in [-0.39, 0.29) is 17.9 Å². The number of rotatable bonds is 6. The van der Waals surface area contributed by atoms with E-state index in [1.165, 1.54) is 49.4 Å². The van der Waals surface area contributed by atoms with Crippen molar-refractivity contribution >= 4 is 5.91 Å². The zero-order valence-electron chi connectivity index (χ0n) is 12.8. The van der Waals surface area contributed by atoms with Crippen molar-refractivity contribution in [2.75, 3.05) is 6.54 Å². The van der Waals surface area contributed by atoms with Crippen LogP contribution in [0.3, 0.4) is 0 Å². The summed E-state index contributed by atoms with van der Waals surface area (Å²) in [5.41, 5.74) is 0.916. The summed E-state index contributed by atoms with van der Waals surface area (Å²) < 4.78 is 41.8. The summed E-state index contributed by atoms with van der Waals surface area (Å²) in [6, 6.07) is 9.51. The largest absolute Gasteiger partial charge is 0.435 e. The summed E-state index contributed by atoms with van der Waals surface area (Å²) >= 11 is 0. The molecule has 128 valence electrons. The Balaban J connectivity index is 1.98. The highest BCUT2D eigenvalue weighted by Gasteiger charge is 2.13. The number of aryl methyl sites for hydroxylation is 1. The Morgan fingerprint density at radius 1 is 1.25 bits per heavy atom. The van der Waals surface area contributed by atoms with E-state index in [4.69, 9.17) is 0 Å². The van der Waals surface area contributed by atoms with Crippen LogP contribution in [0.5, 0.6) is 5.75 Å². The predicted molar refractivity (Wildman–Crippen MR) is 81.5 cm³/mol. The first-order valence-corrected chi connectivity index (χ1v) is 7.14. The highest BCUT2D eigenvalue weighted by Crippen LogP contribution is 2.20. The van der Waals surface area contributed by atoms with Gasteiger partial charge in [-0.3, -0.25) is 4.79 Å². The zero-order valence-corrected chi connectivity index (χ0v) is 12.8. The van der Waals surface area contributed by atoms with Crippen LogP contribution in [0.15, 0.2) is 42.5 Å². The Morgan fingerprint density at radius 3 is 2.67 bits per heavy atom. The van der Waals surface area contributed by atoms with Crippen molar-refractivity contribution in [3.63, 3.8) is 0 Å². The number of amides is 1. The van der Waals surface area contributed by atoms with Crippen LogP contribution in [0.2, 0.25) is 0 Å². The van der Waals surface area contributed by atoms with Crippen molar-refractivity contribution in [3.8, 4) is 5.75 Å². The summed E-state index contributed by atoms with van der Waals surface area (Å²) in [6.45, 7) is -1.55. The molecule has 0 heterocycles. The molecule has 0 aromatic heterocycles. The first kappa shape index (κ1) is 17.8. The van der Waals surface area contributed by atoms with Gasteiger partial charge in [-0.1, -0.05) is 12.1 Å². The number of benzene rings is 2. The van der Waals surface area contributed by atoms with Crippen LogP contribution in [-0.4, -0.2) is 24.2 Å². The second-order valence-electron chi connectivity index (χ2n) is 5.14. The van der Waals surface area contributed by atoms with Gasteiger partial charge in [-0.25, -0.2) is 4.39 Å². The van der Waals surface area contributed by atoms with Gasteiger partial charge in [0.25, 0.3) is 5.91 Å². The van der Waals surface area contributed by atoms with E-state index in [0.717, 1.165) is 0 Å². The molecular weight excluding hydrogens is 323 g/mol. The van der Waals surface area contributed by atoms with Crippen LogP contribution in [0.1, 0.15) is 27.6 Å². The molecule has 4 nitrogen and oxygen atoms in total. The molecule has 0 aliphatic rings. The molecule has 2 aromatic carbocycles. The van der Waals surface area contributed by atoms with E-state index in [9.17, 15) is 23.1 Å². The molecule has 7 heteroatoms. The number of aliphatic hydroxyl groups excluding tert-OH is 1. The monoisotopic (exact) mass is 339 g/mol. The lowest BCUT2D eigenvalue weighted by atomic mass is 10.1. The lowest BCUT2D eigenvalue weighted by Crippen LogP contribution is -2.28. The number of carbonyl (C=O) groups excluding carboxylic acids is 1. The fourth-order valence-corrected chi connectivity index (χ4v) is 2.09. The molecule has 1 unspecified atom stereocenters. The van der Waals surface area contributed by atoms with Crippen molar-refractivity contribution in [1.29, 1.82) is 0 Å². The second-order valence-corrected chi connectivity index (χ2v) is 5.14. The lowest BCUT2D eigenvalue weighted by molar-refractivity contribution is -0.0499. The van der Waals surface area contributed by atoms with Crippen molar-refractivity contribution in [3.05, 3.63) is 65.0 Å². The Labute approximate surface area is 136 Å². The maximum absolute atomic E-state index is 13.2. The fourth-order valence-electron chi connectivity index (χ4n) is 2.09. The minimum atomic E-state index is -2.96. The summed E-state index contributed by atoms with van der Waals surface area (Å²) in [5, 5.41) is 12.6. The third-order valence-electron chi connectivity index (χ3n) is 3.34. The summed E-state index contributed by atoms with van der Waals surface area (Å²) in [5.74, 6) is -0.971. The van der Waals surface area contributed by atoms with Crippen molar-refractivity contribution in [1.82, 2.24) is 5.32 Å². The average molecular weight is 339 g/mol. The van der Waals surface area contributed by atoms with Crippen molar-refractivity contribution in [2.24, 2.45) is 0 Å². The molecular formula is C17H16F3NO3. The quantitative estimate of drug-likeness (QED) is 0.850. The maximum atomic E-state index is 13.2. The van der Waals surface area contributed by atoms with E-state index >= 15 is 0 Å². The molecule has 0 radical (unpaired) electrons. The van der Waals surface area contributed by atoms with Gasteiger partial charge in [-0.15, -0.1) is 0 Å². The Bertz CT molecular complexity index is 722. The molecule has 2 N–H and O–H groups in total. The number of carbonyl (C=O) groups is 1. The topological polar surface area (TPSA) is 58.6 Å². The number of hydrogen-bond acceptors (Lipinski definition) is 3. The van der Waals surface area contributed by atoms with E-state index in [1.807, 2.05) is 0 Å². The highest BCUT2D eigenvalue weighted by atomic mass is 19.3. The van der Waals surface area contributed by atoms with E-state index in [1.54, 1.807) is 0 Å². The van der Waals surface area contributed by atoms with E-state index in [0.29, 0.717) is 11.1 Å². The van der Waals surface area contributed by atoms with Gasteiger partial charge in [0.1, 0.15) is 11.6 Å². The molecule has 0 spiro atoms. The van der Waals surface area contributed by atoms with Gasteiger partial charge in [0.2, 0.25) is 0 Å². The molecule has 0 saturated heterocycles. The van der Waals surface area contributed by atoms with Crippen LogP contribution in [0.4, 0.5) is 13.2 Å². The molecule has 2 rings (SSSR count). The molecule has 0 aliphatic carbocycles. The van der Waals surface area contributed by atoms with Gasteiger partial charge in [0.05, 0.1) is 6.10 Å². The SMILES string of the molecule is Cc1cc(C(=O)NCC(O)c2cccc(OC(F)F)c2)ccc1F. The summed E-state index contributed by atoms with van der Waals surface area (Å²) in [6.07, 6.45) is -1.10. The normalized spacial score (nSPS) is 12.1. The number of aliphatic hydroxyl groups is 1. The first-order valence-electron chi connectivity index (χ1n) is 7.14. The van der Waals surface area contributed by atoms with Gasteiger partial charge >= 0.3 is 6.61 Å².